The molecule has 2 aromatic carbocycles. The Morgan fingerprint density at radius 1 is 1.08 bits per heavy atom. The lowest BCUT2D eigenvalue weighted by atomic mass is 10.2. The number of methoxy groups -OCH3 is 2. The minimum absolute atomic E-state index is 0.0279. The average Bonchev–Trinajstić information content (AvgIpc) is 2.66. The average molecular weight is 356 g/mol. The van der Waals surface area contributed by atoms with Gasteiger partial charge in [-0.3, -0.25) is 9.36 Å². The van der Waals surface area contributed by atoms with E-state index in [-0.39, 0.29) is 5.56 Å². The molecule has 0 amide bonds. The van der Waals surface area contributed by atoms with Gasteiger partial charge >= 0.3 is 0 Å². The van der Waals surface area contributed by atoms with Crippen LogP contribution in [-0.4, -0.2) is 30.4 Å². The van der Waals surface area contributed by atoms with E-state index in [0.29, 0.717) is 23.7 Å². The van der Waals surface area contributed by atoms with E-state index in [1.54, 1.807) is 30.5 Å². The quantitative estimate of drug-likeness (QED) is 0.480. The van der Waals surface area contributed by atoms with Gasteiger partial charge in [-0.25, -0.2) is 4.98 Å². The van der Waals surface area contributed by atoms with Crippen molar-refractivity contribution in [1.82, 2.24) is 9.55 Å². The van der Waals surface area contributed by atoms with E-state index in [1.807, 2.05) is 48.5 Å². The Hall–Kier alpha value is -2.31. The molecule has 6 heteroatoms. The first-order valence-corrected chi connectivity index (χ1v) is 8.95. The highest BCUT2D eigenvalue weighted by Gasteiger charge is 2.11. The summed E-state index contributed by atoms with van der Waals surface area (Å²) in [5, 5.41) is 1.34. The normalized spacial score (nSPS) is 11.0. The number of benzene rings is 2. The molecule has 130 valence electrons. The Morgan fingerprint density at radius 2 is 1.84 bits per heavy atom. The van der Waals surface area contributed by atoms with Crippen molar-refractivity contribution in [2.75, 3.05) is 20.8 Å². The largest absolute Gasteiger partial charge is 0.497 e. The molecule has 3 aromatic rings. The first kappa shape index (κ1) is 17.5. The minimum atomic E-state index is -0.0279. The van der Waals surface area contributed by atoms with E-state index in [9.17, 15) is 4.79 Å². The topological polar surface area (TPSA) is 53.4 Å². The fraction of sp³-hybridized carbons (Fsp3) is 0.263. The smallest absolute Gasteiger partial charge is 0.262 e. The molecule has 3 rings (SSSR count). The molecule has 0 saturated heterocycles. The molecule has 5 nitrogen and oxygen atoms in total. The maximum atomic E-state index is 12.8. The molecular weight excluding hydrogens is 336 g/mol. The van der Waals surface area contributed by atoms with Gasteiger partial charge in [-0.05, 0) is 29.8 Å². The molecule has 0 spiro atoms. The third-order valence-electron chi connectivity index (χ3n) is 3.87. The third kappa shape index (κ3) is 4.03. The van der Waals surface area contributed by atoms with E-state index in [0.717, 1.165) is 22.6 Å². The van der Waals surface area contributed by atoms with Crippen LogP contribution in [0.3, 0.4) is 0 Å². The number of nitrogens with zero attached hydrogens (tertiary/aromatic N) is 2. The van der Waals surface area contributed by atoms with Gasteiger partial charge in [0.15, 0.2) is 5.16 Å². The van der Waals surface area contributed by atoms with Crippen LogP contribution in [0.1, 0.15) is 5.56 Å². The van der Waals surface area contributed by atoms with Crippen molar-refractivity contribution in [3.8, 4) is 5.75 Å². The Bertz CT molecular complexity index is 907. The van der Waals surface area contributed by atoms with Crippen molar-refractivity contribution >= 4 is 22.7 Å². The van der Waals surface area contributed by atoms with Crippen molar-refractivity contribution in [3.05, 3.63) is 64.4 Å². The number of hydrogen-bond acceptors (Lipinski definition) is 5. The van der Waals surface area contributed by atoms with Gasteiger partial charge in [0.25, 0.3) is 5.56 Å². The second-order valence-corrected chi connectivity index (χ2v) is 6.44. The lowest BCUT2D eigenvalue weighted by Crippen LogP contribution is -2.25. The van der Waals surface area contributed by atoms with Gasteiger partial charge in [-0.2, -0.15) is 0 Å². The zero-order valence-corrected chi connectivity index (χ0v) is 15.1. The molecule has 25 heavy (non-hydrogen) atoms. The van der Waals surface area contributed by atoms with E-state index >= 15 is 0 Å². The standard InChI is InChI=1S/C19H20N2O3S/c1-23-12-11-21-18(22)16-5-3-4-6-17(16)20-19(21)25-13-14-7-9-15(24-2)10-8-14/h3-10H,11-13H2,1-2H3. The van der Waals surface area contributed by atoms with Gasteiger partial charge in [0.1, 0.15) is 5.75 Å². The van der Waals surface area contributed by atoms with Crippen LogP contribution in [-0.2, 0) is 17.0 Å². The van der Waals surface area contributed by atoms with Crippen LogP contribution in [0.15, 0.2) is 58.5 Å². The lowest BCUT2D eigenvalue weighted by molar-refractivity contribution is 0.183. The predicted octanol–water partition coefficient (Wildman–Crippen LogP) is 3.34. The third-order valence-corrected chi connectivity index (χ3v) is 4.92. The van der Waals surface area contributed by atoms with Crippen molar-refractivity contribution in [3.63, 3.8) is 0 Å². The molecule has 0 atom stereocenters. The summed E-state index contributed by atoms with van der Waals surface area (Å²) >= 11 is 1.55. The Morgan fingerprint density at radius 3 is 2.56 bits per heavy atom. The number of rotatable bonds is 7. The second kappa shape index (κ2) is 8.18. The summed E-state index contributed by atoms with van der Waals surface area (Å²) in [7, 11) is 3.28. The summed E-state index contributed by atoms with van der Waals surface area (Å²) in [4.78, 5) is 17.5. The molecule has 0 aliphatic carbocycles. The summed E-state index contributed by atoms with van der Waals surface area (Å²) in [5.74, 6) is 1.55. The summed E-state index contributed by atoms with van der Waals surface area (Å²) in [6.45, 7) is 0.953. The number of aromatic nitrogens is 2. The van der Waals surface area contributed by atoms with Gasteiger partial charge in [0.05, 0.1) is 31.2 Å². The fourth-order valence-electron chi connectivity index (χ4n) is 2.51. The molecular formula is C19H20N2O3S. The van der Waals surface area contributed by atoms with E-state index in [1.165, 1.54) is 0 Å². The molecule has 0 bridgehead atoms. The highest BCUT2D eigenvalue weighted by molar-refractivity contribution is 7.98. The highest BCUT2D eigenvalue weighted by atomic mass is 32.2. The van der Waals surface area contributed by atoms with E-state index in [4.69, 9.17) is 9.47 Å². The Labute approximate surface area is 150 Å². The van der Waals surface area contributed by atoms with Crippen molar-refractivity contribution in [1.29, 1.82) is 0 Å². The van der Waals surface area contributed by atoms with Crippen molar-refractivity contribution in [2.24, 2.45) is 0 Å². The van der Waals surface area contributed by atoms with Crippen LogP contribution in [0.25, 0.3) is 10.9 Å². The SMILES string of the molecule is COCCn1c(SCc2ccc(OC)cc2)nc2ccccc2c1=O. The molecule has 0 fully saturated rings. The first-order valence-electron chi connectivity index (χ1n) is 7.97. The summed E-state index contributed by atoms with van der Waals surface area (Å²) in [5.41, 5.74) is 1.84. The van der Waals surface area contributed by atoms with Gasteiger partial charge in [0.2, 0.25) is 0 Å². The van der Waals surface area contributed by atoms with Crippen LogP contribution < -0.4 is 10.3 Å². The molecule has 0 saturated carbocycles. The van der Waals surface area contributed by atoms with Crippen molar-refractivity contribution in [2.45, 2.75) is 17.5 Å². The molecule has 0 N–H and O–H groups in total. The summed E-state index contributed by atoms with van der Waals surface area (Å²) in [6, 6.07) is 15.3. The number of fused-ring (bicyclic) bond motifs is 1. The van der Waals surface area contributed by atoms with Gasteiger partial charge in [0, 0.05) is 12.9 Å². The highest BCUT2D eigenvalue weighted by Crippen LogP contribution is 2.23. The molecule has 0 unspecified atom stereocenters. The maximum Gasteiger partial charge on any atom is 0.262 e. The first-order chi connectivity index (χ1) is 12.2. The number of ether oxygens (including phenoxy) is 2. The van der Waals surface area contributed by atoms with E-state index in [2.05, 4.69) is 4.98 Å². The minimum Gasteiger partial charge on any atom is -0.497 e. The predicted molar refractivity (Wildman–Crippen MR) is 100 cm³/mol. The number of hydrogen-bond donors (Lipinski definition) is 0. The zero-order valence-electron chi connectivity index (χ0n) is 14.3. The zero-order chi connectivity index (χ0) is 17.6. The molecule has 1 heterocycles. The van der Waals surface area contributed by atoms with Crippen molar-refractivity contribution < 1.29 is 9.47 Å². The van der Waals surface area contributed by atoms with Crippen LogP contribution in [0.2, 0.25) is 0 Å². The van der Waals surface area contributed by atoms with Gasteiger partial charge in [-0.15, -0.1) is 0 Å². The summed E-state index contributed by atoms with van der Waals surface area (Å²) < 4.78 is 12.0. The van der Waals surface area contributed by atoms with Gasteiger partial charge in [-0.1, -0.05) is 36.0 Å². The Kier molecular flexibility index (Phi) is 5.73. The number of para-hydroxylation sites is 1. The van der Waals surface area contributed by atoms with Crippen LogP contribution in [0.5, 0.6) is 5.75 Å². The molecule has 0 aliphatic heterocycles. The molecule has 1 aromatic heterocycles. The number of thioether (sulfide) groups is 1. The molecule has 0 aliphatic rings. The van der Waals surface area contributed by atoms with Gasteiger partial charge < -0.3 is 9.47 Å². The van der Waals surface area contributed by atoms with Crippen LogP contribution >= 0.6 is 11.8 Å². The lowest BCUT2D eigenvalue weighted by Gasteiger charge is -2.13. The fourth-order valence-corrected chi connectivity index (χ4v) is 3.49. The summed E-state index contributed by atoms with van der Waals surface area (Å²) in [6.07, 6.45) is 0. The maximum absolute atomic E-state index is 12.8. The van der Waals surface area contributed by atoms with Crippen LogP contribution in [0, 0.1) is 0 Å². The second-order valence-electron chi connectivity index (χ2n) is 5.50. The Balaban J connectivity index is 1.91. The van der Waals surface area contributed by atoms with E-state index < -0.39 is 0 Å². The van der Waals surface area contributed by atoms with Crippen LogP contribution in [0.4, 0.5) is 0 Å². The monoisotopic (exact) mass is 356 g/mol. The molecule has 0 radical (unpaired) electrons.